The van der Waals surface area contributed by atoms with Crippen molar-refractivity contribution in [3.05, 3.63) is 23.8 Å². The second kappa shape index (κ2) is 7.03. The number of terminal acetylenes is 1. The molecule has 2 N–H and O–H groups in total. The summed E-state index contributed by atoms with van der Waals surface area (Å²) in [6.45, 7) is 4.81. The van der Waals surface area contributed by atoms with Crippen LogP contribution in [0.3, 0.4) is 0 Å². The summed E-state index contributed by atoms with van der Waals surface area (Å²) in [4.78, 5) is 0. The van der Waals surface area contributed by atoms with Crippen molar-refractivity contribution in [1.82, 2.24) is 5.32 Å². The van der Waals surface area contributed by atoms with Crippen LogP contribution in [0.1, 0.15) is 19.4 Å². The zero-order valence-corrected chi connectivity index (χ0v) is 11.7. The molecule has 0 aliphatic carbocycles. The SMILES string of the molecule is C#CCOc1ccc(CNC(C)(C)CO)cc1OC. The minimum Gasteiger partial charge on any atom is -0.493 e. The van der Waals surface area contributed by atoms with Crippen LogP contribution in [0.25, 0.3) is 0 Å². The van der Waals surface area contributed by atoms with Gasteiger partial charge < -0.3 is 19.9 Å². The van der Waals surface area contributed by atoms with Crippen LogP contribution in [0, 0.1) is 12.3 Å². The first-order valence-electron chi connectivity index (χ1n) is 6.11. The van der Waals surface area contributed by atoms with Crippen LogP contribution >= 0.6 is 0 Å². The standard InChI is InChI=1S/C15H21NO3/c1-5-8-19-13-7-6-12(9-14(13)18-4)10-16-15(2,3)11-17/h1,6-7,9,16-17H,8,10-11H2,2-4H3. The number of rotatable bonds is 7. The van der Waals surface area contributed by atoms with Crippen molar-refractivity contribution in [3.63, 3.8) is 0 Å². The first-order chi connectivity index (χ1) is 9.02. The molecule has 0 radical (unpaired) electrons. The topological polar surface area (TPSA) is 50.7 Å². The predicted molar refractivity (Wildman–Crippen MR) is 75.3 cm³/mol. The van der Waals surface area contributed by atoms with Gasteiger partial charge in [-0.15, -0.1) is 6.42 Å². The molecule has 0 aliphatic rings. The number of nitrogens with one attached hydrogen (secondary N) is 1. The normalized spacial score (nSPS) is 10.9. The first-order valence-corrected chi connectivity index (χ1v) is 6.11. The number of ether oxygens (including phenoxy) is 2. The largest absolute Gasteiger partial charge is 0.493 e. The summed E-state index contributed by atoms with van der Waals surface area (Å²) >= 11 is 0. The second-order valence-electron chi connectivity index (χ2n) is 4.87. The van der Waals surface area contributed by atoms with Gasteiger partial charge in [-0.05, 0) is 31.5 Å². The van der Waals surface area contributed by atoms with Crippen LogP contribution in [-0.4, -0.2) is 31.0 Å². The maximum Gasteiger partial charge on any atom is 0.162 e. The van der Waals surface area contributed by atoms with E-state index in [1.807, 2.05) is 32.0 Å². The third kappa shape index (κ3) is 4.82. The van der Waals surface area contributed by atoms with Crippen LogP contribution in [0.5, 0.6) is 11.5 Å². The fourth-order valence-electron chi connectivity index (χ4n) is 1.46. The monoisotopic (exact) mass is 263 g/mol. The average molecular weight is 263 g/mol. The highest BCUT2D eigenvalue weighted by molar-refractivity contribution is 5.43. The molecule has 1 aromatic carbocycles. The maximum atomic E-state index is 9.19. The van der Waals surface area contributed by atoms with E-state index in [1.165, 1.54) is 0 Å². The summed E-state index contributed by atoms with van der Waals surface area (Å²) in [6, 6.07) is 5.67. The number of aliphatic hydroxyl groups excluding tert-OH is 1. The molecule has 0 atom stereocenters. The van der Waals surface area contributed by atoms with Gasteiger partial charge in [0.15, 0.2) is 11.5 Å². The molecule has 0 spiro atoms. The molecule has 0 aromatic heterocycles. The summed E-state index contributed by atoms with van der Waals surface area (Å²) in [7, 11) is 1.59. The van der Waals surface area contributed by atoms with Crippen LogP contribution in [0.4, 0.5) is 0 Å². The van der Waals surface area contributed by atoms with E-state index < -0.39 is 0 Å². The molecule has 0 fully saturated rings. The molecule has 0 heterocycles. The Morgan fingerprint density at radius 3 is 2.68 bits per heavy atom. The Morgan fingerprint density at radius 2 is 2.11 bits per heavy atom. The minimum absolute atomic E-state index is 0.0769. The van der Waals surface area contributed by atoms with Crippen LogP contribution in [-0.2, 0) is 6.54 Å². The van der Waals surface area contributed by atoms with Gasteiger partial charge in [0.2, 0.25) is 0 Å². The third-order valence-corrected chi connectivity index (χ3v) is 2.71. The van der Waals surface area contributed by atoms with E-state index >= 15 is 0 Å². The van der Waals surface area contributed by atoms with Gasteiger partial charge >= 0.3 is 0 Å². The zero-order valence-electron chi connectivity index (χ0n) is 11.7. The lowest BCUT2D eigenvalue weighted by atomic mass is 10.1. The van der Waals surface area contributed by atoms with Gasteiger partial charge in [-0.25, -0.2) is 0 Å². The average Bonchev–Trinajstić information content (AvgIpc) is 2.43. The van der Waals surface area contributed by atoms with Crippen molar-refractivity contribution in [2.75, 3.05) is 20.3 Å². The van der Waals surface area contributed by atoms with Crippen LogP contribution < -0.4 is 14.8 Å². The van der Waals surface area contributed by atoms with Crippen molar-refractivity contribution < 1.29 is 14.6 Å². The molecule has 1 aromatic rings. The summed E-state index contributed by atoms with van der Waals surface area (Å²) in [5, 5.41) is 12.4. The fourth-order valence-corrected chi connectivity index (χ4v) is 1.46. The molecular formula is C15H21NO3. The van der Waals surface area contributed by atoms with Crippen LogP contribution in [0.2, 0.25) is 0 Å². The van der Waals surface area contributed by atoms with E-state index in [0.717, 1.165) is 5.56 Å². The van der Waals surface area contributed by atoms with Gasteiger partial charge in [0.1, 0.15) is 6.61 Å². The first kappa shape index (κ1) is 15.4. The Hall–Kier alpha value is -1.70. The van der Waals surface area contributed by atoms with Gasteiger partial charge in [0.05, 0.1) is 13.7 Å². The summed E-state index contributed by atoms with van der Waals surface area (Å²) in [5.74, 6) is 3.70. The van der Waals surface area contributed by atoms with Crippen molar-refractivity contribution in [1.29, 1.82) is 0 Å². The Labute approximate surface area is 114 Å². The van der Waals surface area contributed by atoms with E-state index in [4.69, 9.17) is 15.9 Å². The maximum absolute atomic E-state index is 9.19. The molecule has 0 aliphatic heterocycles. The number of aliphatic hydroxyl groups is 1. The molecular weight excluding hydrogens is 242 g/mol. The van der Waals surface area contributed by atoms with E-state index in [9.17, 15) is 5.11 Å². The van der Waals surface area contributed by atoms with Crippen molar-refractivity contribution >= 4 is 0 Å². The Morgan fingerprint density at radius 1 is 1.37 bits per heavy atom. The van der Waals surface area contributed by atoms with E-state index in [1.54, 1.807) is 7.11 Å². The third-order valence-electron chi connectivity index (χ3n) is 2.71. The Kier molecular flexibility index (Phi) is 5.68. The number of methoxy groups -OCH3 is 1. The van der Waals surface area contributed by atoms with Crippen molar-refractivity contribution in [3.8, 4) is 23.8 Å². The molecule has 4 nitrogen and oxygen atoms in total. The smallest absolute Gasteiger partial charge is 0.162 e. The molecule has 1 rings (SSSR count). The van der Waals surface area contributed by atoms with E-state index in [0.29, 0.717) is 18.0 Å². The molecule has 19 heavy (non-hydrogen) atoms. The molecule has 0 unspecified atom stereocenters. The lowest BCUT2D eigenvalue weighted by Gasteiger charge is -2.23. The molecule has 0 amide bonds. The van der Waals surface area contributed by atoms with Crippen molar-refractivity contribution in [2.45, 2.75) is 25.9 Å². The van der Waals surface area contributed by atoms with Gasteiger partial charge in [-0.3, -0.25) is 0 Å². The lowest BCUT2D eigenvalue weighted by Crippen LogP contribution is -2.42. The van der Waals surface area contributed by atoms with Crippen LogP contribution in [0.15, 0.2) is 18.2 Å². The highest BCUT2D eigenvalue weighted by Gasteiger charge is 2.15. The van der Waals surface area contributed by atoms with Gasteiger partial charge in [-0.2, -0.15) is 0 Å². The van der Waals surface area contributed by atoms with Gasteiger partial charge in [-0.1, -0.05) is 12.0 Å². The summed E-state index contributed by atoms with van der Waals surface area (Å²) < 4.78 is 10.6. The predicted octanol–water partition coefficient (Wildman–Crippen LogP) is 1.57. The Balaban J connectivity index is 2.74. The van der Waals surface area contributed by atoms with Gasteiger partial charge in [0.25, 0.3) is 0 Å². The van der Waals surface area contributed by atoms with Crippen molar-refractivity contribution in [2.24, 2.45) is 0 Å². The molecule has 104 valence electrons. The molecule has 0 bridgehead atoms. The number of benzene rings is 1. The zero-order chi connectivity index (χ0) is 14.3. The summed E-state index contributed by atoms with van der Waals surface area (Å²) in [6.07, 6.45) is 5.16. The fraction of sp³-hybridized carbons (Fsp3) is 0.467. The highest BCUT2D eigenvalue weighted by Crippen LogP contribution is 2.28. The quantitative estimate of drug-likeness (QED) is 0.733. The molecule has 0 saturated carbocycles. The van der Waals surface area contributed by atoms with Gasteiger partial charge in [0, 0.05) is 12.1 Å². The minimum atomic E-state index is -0.314. The second-order valence-corrected chi connectivity index (χ2v) is 4.87. The Bertz CT molecular complexity index is 449. The molecule has 0 saturated heterocycles. The highest BCUT2D eigenvalue weighted by atomic mass is 16.5. The summed E-state index contributed by atoms with van der Waals surface area (Å²) in [5.41, 5.74) is 0.734. The molecule has 4 heteroatoms. The number of hydrogen-bond donors (Lipinski definition) is 2. The van der Waals surface area contributed by atoms with E-state index in [2.05, 4.69) is 11.2 Å². The van der Waals surface area contributed by atoms with E-state index in [-0.39, 0.29) is 18.8 Å². The number of hydrogen-bond acceptors (Lipinski definition) is 4. The lowest BCUT2D eigenvalue weighted by molar-refractivity contribution is 0.187.